The van der Waals surface area contributed by atoms with Crippen molar-refractivity contribution in [3.8, 4) is 6.07 Å². The molecule has 0 fully saturated rings. The maximum absolute atomic E-state index is 9.06. The van der Waals surface area contributed by atoms with Crippen LogP contribution in [0.1, 0.15) is 29.9 Å². The lowest BCUT2D eigenvalue weighted by atomic mass is 9.83. The van der Waals surface area contributed by atoms with Crippen LogP contribution in [0.2, 0.25) is 0 Å². The zero-order valence-corrected chi connectivity index (χ0v) is 9.33. The molecule has 0 aliphatic heterocycles. The summed E-state index contributed by atoms with van der Waals surface area (Å²) in [5, 5.41) is 9.06. The fourth-order valence-corrected chi connectivity index (χ4v) is 2.21. The second kappa shape index (κ2) is 3.94. The summed E-state index contributed by atoms with van der Waals surface area (Å²) in [4.78, 5) is 2.11. The van der Waals surface area contributed by atoms with Crippen LogP contribution in [0.25, 0.3) is 0 Å². The van der Waals surface area contributed by atoms with Gasteiger partial charge in [-0.1, -0.05) is 6.07 Å². The molecule has 0 radical (unpaired) electrons. The topological polar surface area (TPSA) is 27.0 Å². The molecule has 78 valence electrons. The van der Waals surface area contributed by atoms with Gasteiger partial charge >= 0.3 is 0 Å². The zero-order chi connectivity index (χ0) is 10.8. The first kappa shape index (κ1) is 10.0. The van der Waals surface area contributed by atoms with Crippen LogP contribution in [-0.4, -0.2) is 14.1 Å². The van der Waals surface area contributed by atoms with Crippen LogP contribution in [0.3, 0.4) is 0 Å². The van der Waals surface area contributed by atoms with E-state index in [9.17, 15) is 0 Å². The number of hydrogen-bond acceptors (Lipinski definition) is 2. The lowest BCUT2D eigenvalue weighted by Gasteiger charge is -2.22. The summed E-state index contributed by atoms with van der Waals surface area (Å²) in [6.45, 7) is 0. The Kier molecular flexibility index (Phi) is 2.64. The van der Waals surface area contributed by atoms with Gasteiger partial charge in [-0.3, -0.25) is 0 Å². The van der Waals surface area contributed by atoms with Crippen LogP contribution >= 0.6 is 0 Å². The number of benzene rings is 1. The molecule has 0 saturated carbocycles. The van der Waals surface area contributed by atoms with E-state index in [-0.39, 0.29) is 5.92 Å². The molecular weight excluding hydrogens is 184 g/mol. The largest absolute Gasteiger partial charge is 0.378 e. The summed E-state index contributed by atoms with van der Waals surface area (Å²) in [6, 6.07) is 8.84. The van der Waals surface area contributed by atoms with E-state index >= 15 is 0 Å². The highest BCUT2D eigenvalue weighted by Gasteiger charge is 2.19. The van der Waals surface area contributed by atoms with Gasteiger partial charge < -0.3 is 4.90 Å². The number of nitriles is 1. The van der Waals surface area contributed by atoms with Gasteiger partial charge in [-0.25, -0.2) is 0 Å². The molecule has 0 saturated heterocycles. The van der Waals surface area contributed by atoms with Crippen molar-refractivity contribution < 1.29 is 0 Å². The van der Waals surface area contributed by atoms with Gasteiger partial charge in [0.15, 0.2) is 0 Å². The highest BCUT2D eigenvalue weighted by molar-refractivity contribution is 5.52. The van der Waals surface area contributed by atoms with Crippen molar-refractivity contribution in [1.29, 1.82) is 5.26 Å². The SMILES string of the molecule is CN(C)c1ccc2c(c1)CCCC2C#N. The smallest absolute Gasteiger partial charge is 0.0715 e. The fraction of sp³-hybridized carbons (Fsp3) is 0.462. The third kappa shape index (κ3) is 1.83. The Morgan fingerprint density at radius 2 is 2.20 bits per heavy atom. The molecule has 2 heteroatoms. The average Bonchev–Trinajstić information content (AvgIpc) is 2.27. The molecule has 2 nitrogen and oxygen atoms in total. The molecule has 2 rings (SSSR count). The van der Waals surface area contributed by atoms with E-state index in [1.54, 1.807) is 0 Å². The Balaban J connectivity index is 2.41. The van der Waals surface area contributed by atoms with Crippen molar-refractivity contribution in [2.45, 2.75) is 25.2 Å². The number of nitrogens with zero attached hydrogens (tertiary/aromatic N) is 2. The lowest BCUT2D eigenvalue weighted by Crippen LogP contribution is -2.12. The minimum atomic E-state index is 0.116. The normalized spacial score (nSPS) is 19.1. The molecule has 1 aliphatic rings. The molecule has 1 aromatic carbocycles. The fourth-order valence-electron chi connectivity index (χ4n) is 2.21. The van der Waals surface area contributed by atoms with Gasteiger partial charge in [0, 0.05) is 19.8 Å². The number of fused-ring (bicyclic) bond motifs is 1. The monoisotopic (exact) mass is 200 g/mol. The van der Waals surface area contributed by atoms with Crippen molar-refractivity contribution in [3.63, 3.8) is 0 Å². The molecule has 0 N–H and O–H groups in total. The minimum absolute atomic E-state index is 0.116. The molecule has 0 aromatic heterocycles. The maximum atomic E-state index is 9.06. The summed E-state index contributed by atoms with van der Waals surface area (Å²) in [6.07, 6.45) is 3.28. The molecule has 1 unspecified atom stereocenters. The van der Waals surface area contributed by atoms with Gasteiger partial charge in [-0.05, 0) is 42.5 Å². The highest BCUT2D eigenvalue weighted by atomic mass is 15.1. The first-order chi connectivity index (χ1) is 7.22. The van der Waals surface area contributed by atoms with E-state index in [4.69, 9.17) is 5.26 Å². The first-order valence-corrected chi connectivity index (χ1v) is 5.42. The molecule has 1 atom stereocenters. The quantitative estimate of drug-likeness (QED) is 0.697. The standard InChI is InChI=1S/C13H16N2/c1-15(2)12-6-7-13-10(8-12)4-3-5-11(13)9-14/h6-8,11H,3-5H2,1-2H3. The van der Waals surface area contributed by atoms with E-state index in [2.05, 4.69) is 29.2 Å². The van der Waals surface area contributed by atoms with Gasteiger partial charge in [-0.15, -0.1) is 0 Å². The lowest BCUT2D eigenvalue weighted by molar-refractivity contribution is 0.636. The third-order valence-electron chi connectivity index (χ3n) is 3.11. The van der Waals surface area contributed by atoms with Crippen molar-refractivity contribution in [2.24, 2.45) is 0 Å². The summed E-state index contributed by atoms with van der Waals surface area (Å²) >= 11 is 0. The van der Waals surface area contributed by atoms with Gasteiger partial charge in [-0.2, -0.15) is 5.26 Å². The molecule has 0 amide bonds. The number of rotatable bonds is 1. The van der Waals surface area contributed by atoms with Crippen LogP contribution in [0, 0.1) is 11.3 Å². The summed E-state index contributed by atoms with van der Waals surface area (Å²) < 4.78 is 0. The van der Waals surface area contributed by atoms with E-state index in [0.717, 1.165) is 19.3 Å². The maximum Gasteiger partial charge on any atom is 0.0715 e. The molecule has 1 aromatic rings. The Morgan fingerprint density at radius 3 is 2.87 bits per heavy atom. The number of aryl methyl sites for hydroxylation is 1. The second-order valence-electron chi connectivity index (χ2n) is 4.35. The zero-order valence-electron chi connectivity index (χ0n) is 9.33. The first-order valence-electron chi connectivity index (χ1n) is 5.42. The van der Waals surface area contributed by atoms with Gasteiger partial charge in [0.2, 0.25) is 0 Å². The van der Waals surface area contributed by atoms with E-state index in [0.29, 0.717) is 0 Å². The Bertz CT molecular complexity index is 401. The summed E-state index contributed by atoms with van der Waals surface area (Å²) in [5.41, 5.74) is 3.83. The summed E-state index contributed by atoms with van der Waals surface area (Å²) in [5.74, 6) is 0.116. The predicted molar refractivity (Wildman–Crippen MR) is 62.1 cm³/mol. The molecule has 0 spiro atoms. The minimum Gasteiger partial charge on any atom is -0.378 e. The summed E-state index contributed by atoms with van der Waals surface area (Å²) in [7, 11) is 4.10. The van der Waals surface area contributed by atoms with Crippen LogP contribution in [0.4, 0.5) is 5.69 Å². The Hall–Kier alpha value is -1.49. The van der Waals surface area contributed by atoms with Gasteiger partial charge in [0.05, 0.1) is 12.0 Å². The highest BCUT2D eigenvalue weighted by Crippen LogP contribution is 2.33. The van der Waals surface area contributed by atoms with Crippen LogP contribution in [0.15, 0.2) is 18.2 Å². The van der Waals surface area contributed by atoms with Gasteiger partial charge in [0.1, 0.15) is 0 Å². The van der Waals surface area contributed by atoms with Crippen molar-refractivity contribution in [3.05, 3.63) is 29.3 Å². The third-order valence-corrected chi connectivity index (χ3v) is 3.11. The Labute approximate surface area is 91.1 Å². The Morgan fingerprint density at radius 1 is 1.40 bits per heavy atom. The van der Waals surface area contributed by atoms with Crippen molar-refractivity contribution >= 4 is 5.69 Å². The molecule has 0 heterocycles. The second-order valence-corrected chi connectivity index (χ2v) is 4.35. The number of hydrogen-bond donors (Lipinski definition) is 0. The van der Waals surface area contributed by atoms with Crippen LogP contribution in [0.5, 0.6) is 0 Å². The molecule has 15 heavy (non-hydrogen) atoms. The van der Waals surface area contributed by atoms with Crippen LogP contribution in [-0.2, 0) is 6.42 Å². The van der Waals surface area contributed by atoms with Crippen LogP contribution < -0.4 is 4.90 Å². The molecular formula is C13H16N2. The average molecular weight is 200 g/mol. The van der Waals surface area contributed by atoms with Crippen molar-refractivity contribution in [1.82, 2.24) is 0 Å². The van der Waals surface area contributed by atoms with Gasteiger partial charge in [0.25, 0.3) is 0 Å². The van der Waals surface area contributed by atoms with E-state index in [1.165, 1.54) is 16.8 Å². The van der Waals surface area contributed by atoms with E-state index < -0.39 is 0 Å². The van der Waals surface area contributed by atoms with E-state index in [1.807, 2.05) is 14.1 Å². The molecule has 1 aliphatic carbocycles. The molecule has 0 bridgehead atoms. The van der Waals surface area contributed by atoms with Crippen molar-refractivity contribution in [2.75, 3.05) is 19.0 Å². The number of anilines is 1. The predicted octanol–water partition coefficient (Wildman–Crippen LogP) is 2.70.